The lowest BCUT2D eigenvalue weighted by Gasteiger charge is -2.08. The lowest BCUT2D eigenvalue weighted by atomic mass is 10.2. The van der Waals surface area contributed by atoms with Gasteiger partial charge in [0, 0.05) is 16.4 Å². The van der Waals surface area contributed by atoms with E-state index in [0.717, 1.165) is 17.5 Å². The van der Waals surface area contributed by atoms with E-state index in [1.54, 1.807) is 24.3 Å². The minimum absolute atomic E-state index is 0.0113. The molecule has 0 bridgehead atoms. The van der Waals surface area contributed by atoms with Gasteiger partial charge in [0.05, 0.1) is 9.77 Å². The number of anilines is 1. The summed E-state index contributed by atoms with van der Waals surface area (Å²) >= 11 is 1.25. The molecule has 1 fully saturated rings. The van der Waals surface area contributed by atoms with Crippen LogP contribution in [0.2, 0.25) is 0 Å². The number of halogens is 1. The fourth-order valence-electron chi connectivity index (χ4n) is 2.55. The highest BCUT2D eigenvalue weighted by Crippen LogP contribution is 2.27. The molecule has 0 aliphatic heterocycles. The molecule has 1 heterocycles. The first-order valence-electron chi connectivity index (χ1n) is 8.03. The fourth-order valence-corrected chi connectivity index (χ4v) is 4.84. The van der Waals surface area contributed by atoms with E-state index in [1.807, 2.05) is 0 Å². The number of sulfonamides is 1. The van der Waals surface area contributed by atoms with Crippen molar-refractivity contribution in [1.29, 1.82) is 0 Å². The van der Waals surface area contributed by atoms with Crippen molar-refractivity contribution in [3.63, 3.8) is 0 Å². The van der Waals surface area contributed by atoms with Crippen LogP contribution >= 0.6 is 11.3 Å². The SMILES string of the molecule is O=C(Nc1cccc(S(=O)(=O)NC2CC2)c1)c1cc2cc(F)ccc2s1. The molecule has 3 aromatic rings. The third kappa shape index (κ3) is 3.62. The Balaban J connectivity index is 1.56. The summed E-state index contributed by atoms with van der Waals surface area (Å²) in [5.41, 5.74) is 0.386. The predicted octanol–water partition coefficient (Wildman–Crippen LogP) is 3.73. The second-order valence-electron chi connectivity index (χ2n) is 6.17. The van der Waals surface area contributed by atoms with Gasteiger partial charge >= 0.3 is 0 Å². The fraction of sp³-hybridized carbons (Fsp3) is 0.167. The number of fused-ring (bicyclic) bond motifs is 1. The molecular formula is C18H15FN2O3S2. The summed E-state index contributed by atoms with van der Waals surface area (Å²) in [5.74, 6) is -0.723. The lowest BCUT2D eigenvalue weighted by Crippen LogP contribution is -2.25. The van der Waals surface area contributed by atoms with Gasteiger partial charge < -0.3 is 5.32 Å². The van der Waals surface area contributed by atoms with Crippen LogP contribution in [0.5, 0.6) is 0 Å². The van der Waals surface area contributed by atoms with Gasteiger partial charge in [-0.1, -0.05) is 6.07 Å². The summed E-state index contributed by atoms with van der Waals surface area (Å²) in [4.78, 5) is 13.0. The predicted molar refractivity (Wildman–Crippen MR) is 99.5 cm³/mol. The smallest absolute Gasteiger partial charge is 0.265 e. The van der Waals surface area contributed by atoms with Gasteiger partial charge in [-0.3, -0.25) is 4.79 Å². The number of rotatable bonds is 5. The molecule has 0 spiro atoms. The molecule has 1 aromatic heterocycles. The third-order valence-corrected chi connectivity index (χ3v) is 6.64. The number of nitrogens with one attached hydrogen (secondary N) is 2. The minimum Gasteiger partial charge on any atom is -0.321 e. The summed E-state index contributed by atoms with van der Waals surface area (Å²) in [6.45, 7) is 0. The van der Waals surface area contributed by atoms with Crippen molar-refractivity contribution < 1.29 is 17.6 Å². The van der Waals surface area contributed by atoms with Crippen molar-refractivity contribution in [3.8, 4) is 0 Å². The van der Waals surface area contributed by atoms with Crippen molar-refractivity contribution in [2.75, 3.05) is 5.32 Å². The monoisotopic (exact) mass is 390 g/mol. The standard InChI is InChI=1S/C18H15FN2O3S2/c19-12-4-7-16-11(8-12)9-17(25-16)18(22)20-14-2-1-3-15(10-14)26(23,24)21-13-5-6-13/h1-4,7-10,13,21H,5-6H2,(H,20,22). The van der Waals surface area contributed by atoms with E-state index < -0.39 is 10.0 Å². The molecule has 1 aliphatic rings. The summed E-state index contributed by atoms with van der Waals surface area (Å²) in [5, 5.41) is 3.36. The third-order valence-electron chi connectivity index (χ3n) is 4.00. The van der Waals surface area contributed by atoms with E-state index >= 15 is 0 Å². The van der Waals surface area contributed by atoms with Gasteiger partial charge in [0.15, 0.2) is 0 Å². The molecule has 134 valence electrons. The Kier molecular flexibility index (Phi) is 4.26. The molecular weight excluding hydrogens is 375 g/mol. The van der Waals surface area contributed by atoms with E-state index in [1.165, 1.54) is 35.6 Å². The van der Waals surface area contributed by atoms with Gasteiger partial charge in [-0.15, -0.1) is 11.3 Å². The Bertz CT molecular complexity index is 1100. The van der Waals surface area contributed by atoms with Crippen LogP contribution in [0.15, 0.2) is 53.4 Å². The van der Waals surface area contributed by atoms with Gasteiger partial charge in [0.2, 0.25) is 10.0 Å². The first kappa shape index (κ1) is 17.1. The largest absolute Gasteiger partial charge is 0.321 e. The molecule has 8 heteroatoms. The van der Waals surface area contributed by atoms with Gasteiger partial charge in [0.25, 0.3) is 5.91 Å². The Morgan fingerprint density at radius 3 is 2.69 bits per heavy atom. The van der Waals surface area contributed by atoms with Crippen LogP contribution in [0.4, 0.5) is 10.1 Å². The minimum atomic E-state index is -3.59. The van der Waals surface area contributed by atoms with E-state index in [9.17, 15) is 17.6 Å². The Morgan fingerprint density at radius 2 is 1.92 bits per heavy atom. The maximum Gasteiger partial charge on any atom is 0.265 e. The molecule has 5 nitrogen and oxygen atoms in total. The second-order valence-corrected chi connectivity index (χ2v) is 8.97. The number of amides is 1. The zero-order chi connectivity index (χ0) is 18.3. The van der Waals surface area contributed by atoms with Gasteiger partial charge in [-0.2, -0.15) is 0 Å². The van der Waals surface area contributed by atoms with Crippen LogP contribution in [0.1, 0.15) is 22.5 Å². The topological polar surface area (TPSA) is 75.3 Å². The Morgan fingerprint density at radius 1 is 1.12 bits per heavy atom. The van der Waals surface area contributed by atoms with E-state index in [2.05, 4.69) is 10.0 Å². The molecule has 1 aliphatic carbocycles. The summed E-state index contributed by atoms with van der Waals surface area (Å²) in [7, 11) is -3.59. The normalized spacial score (nSPS) is 14.5. The number of carbonyl (C=O) groups is 1. The molecule has 2 aromatic carbocycles. The summed E-state index contributed by atoms with van der Waals surface area (Å²) in [6, 6.07) is 12.1. The molecule has 26 heavy (non-hydrogen) atoms. The van der Waals surface area contributed by atoms with Crippen molar-refractivity contribution in [2.24, 2.45) is 0 Å². The van der Waals surface area contributed by atoms with Crippen LogP contribution in [0, 0.1) is 5.82 Å². The molecule has 0 saturated heterocycles. The van der Waals surface area contributed by atoms with E-state index in [-0.39, 0.29) is 22.7 Å². The summed E-state index contributed by atoms with van der Waals surface area (Å²) < 4.78 is 41.3. The number of hydrogen-bond acceptors (Lipinski definition) is 4. The average Bonchev–Trinajstić information content (AvgIpc) is 3.29. The molecule has 4 rings (SSSR count). The van der Waals surface area contributed by atoms with Crippen molar-refractivity contribution in [1.82, 2.24) is 4.72 Å². The zero-order valence-electron chi connectivity index (χ0n) is 13.5. The van der Waals surface area contributed by atoms with Crippen LogP contribution in [-0.2, 0) is 10.0 Å². The van der Waals surface area contributed by atoms with Crippen LogP contribution < -0.4 is 10.0 Å². The molecule has 0 radical (unpaired) electrons. The zero-order valence-corrected chi connectivity index (χ0v) is 15.2. The van der Waals surface area contributed by atoms with E-state index in [0.29, 0.717) is 16.0 Å². The van der Waals surface area contributed by atoms with Gasteiger partial charge in [-0.25, -0.2) is 17.5 Å². The average molecular weight is 390 g/mol. The number of hydrogen-bond donors (Lipinski definition) is 2. The number of benzene rings is 2. The molecule has 1 saturated carbocycles. The molecule has 0 unspecified atom stereocenters. The van der Waals surface area contributed by atoms with Crippen molar-refractivity contribution >= 4 is 43.0 Å². The Hall–Kier alpha value is -2.29. The molecule has 1 amide bonds. The van der Waals surface area contributed by atoms with Crippen molar-refractivity contribution in [3.05, 3.63) is 59.2 Å². The number of thiophene rings is 1. The lowest BCUT2D eigenvalue weighted by molar-refractivity contribution is 0.103. The van der Waals surface area contributed by atoms with Crippen LogP contribution in [-0.4, -0.2) is 20.4 Å². The molecule has 0 atom stereocenters. The first-order chi connectivity index (χ1) is 12.4. The quantitative estimate of drug-likeness (QED) is 0.697. The Labute approximate surface area is 153 Å². The summed E-state index contributed by atoms with van der Waals surface area (Å²) in [6.07, 6.45) is 1.70. The van der Waals surface area contributed by atoms with Gasteiger partial charge in [0.1, 0.15) is 5.82 Å². The number of carbonyl (C=O) groups excluding carboxylic acids is 1. The second kappa shape index (κ2) is 6.46. The molecule has 2 N–H and O–H groups in total. The highest BCUT2D eigenvalue weighted by atomic mass is 32.2. The maximum absolute atomic E-state index is 13.3. The van der Waals surface area contributed by atoms with Crippen molar-refractivity contribution in [2.45, 2.75) is 23.8 Å². The van der Waals surface area contributed by atoms with Crippen LogP contribution in [0.3, 0.4) is 0 Å². The van der Waals surface area contributed by atoms with E-state index in [4.69, 9.17) is 0 Å². The highest BCUT2D eigenvalue weighted by Gasteiger charge is 2.28. The highest BCUT2D eigenvalue weighted by molar-refractivity contribution is 7.89. The van der Waals surface area contributed by atoms with Gasteiger partial charge in [-0.05, 0) is 60.7 Å². The first-order valence-corrected chi connectivity index (χ1v) is 10.3. The maximum atomic E-state index is 13.3. The van der Waals surface area contributed by atoms with Crippen LogP contribution in [0.25, 0.3) is 10.1 Å².